The van der Waals surface area contributed by atoms with Gasteiger partial charge in [-0.05, 0) is 36.8 Å². The first-order valence-electron chi connectivity index (χ1n) is 6.01. The fourth-order valence-corrected chi connectivity index (χ4v) is 1.96. The fourth-order valence-electron chi connectivity index (χ4n) is 1.96. The van der Waals surface area contributed by atoms with Crippen LogP contribution in [0.1, 0.15) is 22.5 Å². The highest BCUT2D eigenvalue weighted by molar-refractivity contribution is 5.50. The van der Waals surface area contributed by atoms with Crippen molar-refractivity contribution < 1.29 is 0 Å². The van der Waals surface area contributed by atoms with Gasteiger partial charge in [-0.15, -0.1) is 6.42 Å². The second-order valence-electron chi connectivity index (χ2n) is 4.39. The minimum absolute atomic E-state index is 0.673. The highest BCUT2D eigenvalue weighted by Gasteiger charge is 2.08. The molecule has 3 heteroatoms. The van der Waals surface area contributed by atoms with Crippen molar-refractivity contribution in [1.29, 1.82) is 5.26 Å². The number of benzene rings is 1. The highest BCUT2D eigenvalue weighted by atomic mass is 15.0. The number of anilines is 1. The molecule has 19 heavy (non-hydrogen) atoms. The maximum atomic E-state index is 9.00. The van der Waals surface area contributed by atoms with Gasteiger partial charge in [-0.2, -0.15) is 5.26 Å². The van der Waals surface area contributed by atoms with Crippen molar-refractivity contribution in [3.05, 3.63) is 52.8 Å². The van der Waals surface area contributed by atoms with E-state index in [1.165, 1.54) is 0 Å². The highest BCUT2D eigenvalue weighted by Crippen LogP contribution is 2.16. The monoisotopic (exact) mass is 249 g/mol. The lowest BCUT2D eigenvalue weighted by Crippen LogP contribution is -2.01. The van der Waals surface area contributed by atoms with Gasteiger partial charge in [0.25, 0.3) is 0 Å². The third-order valence-electron chi connectivity index (χ3n) is 3.27. The van der Waals surface area contributed by atoms with Gasteiger partial charge >= 0.3 is 0 Å². The summed E-state index contributed by atoms with van der Waals surface area (Å²) in [4.78, 5) is 0. The number of nitrogens with one attached hydrogen (secondary N) is 1. The second kappa shape index (κ2) is 5.33. The predicted octanol–water partition coefficient (Wildman–Crippen LogP) is 2.80. The van der Waals surface area contributed by atoms with E-state index in [1.807, 2.05) is 48.9 Å². The molecule has 1 aromatic carbocycles. The first-order chi connectivity index (χ1) is 9.15. The summed E-state index contributed by atoms with van der Waals surface area (Å²) in [5, 5.41) is 12.3. The summed E-state index contributed by atoms with van der Waals surface area (Å²) in [7, 11) is 1.90. The molecule has 0 aliphatic rings. The number of rotatable bonds is 3. The van der Waals surface area contributed by atoms with Gasteiger partial charge in [-0.3, -0.25) is 0 Å². The van der Waals surface area contributed by atoms with Gasteiger partial charge < -0.3 is 9.88 Å². The molecule has 0 unspecified atom stereocenters. The largest absolute Gasteiger partial charge is 0.381 e. The van der Waals surface area contributed by atoms with Crippen molar-refractivity contribution in [2.75, 3.05) is 5.32 Å². The van der Waals surface area contributed by atoms with E-state index in [4.69, 9.17) is 11.7 Å². The molecule has 0 aliphatic carbocycles. The molecule has 2 rings (SSSR count). The molecule has 2 aromatic rings. The standard InChI is InChI=1S/C16H15N3/c1-4-13-6-5-7-15(8-13)18-11-14-9-16(10-17)19(3)12(14)2/h1,5-9,18H,11H2,2-3H3. The summed E-state index contributed by atoms with van der Waals surface area (Å²) in [6, 6.07) is 11.8. The van der Waals surface area contributed by atoms with Crippen LogP contribution >= 0.6 is 0 Å². The van der Waals surface area contributed by atoms with Gasteiger partial charge in [0.15, 0.2) is 0 Å². The van der Waals surface area contributed by atoms with Crippen LogP contribution in [0.25, 0.3) is 0 Å². The number of nitrogens with zero attached hydrogens (tertiary/aromatic N) is 2. The molecule has 0 aliphatic heterocycles. The molecular weight excluding hydrogens is 234 g/mol. The van der Waals surface area contributed by atoms with Gasteiger partial charge in [0, 0.05) is 30.5 Å². The Kier molecular flexibility index (Phi) is 3.59. The average Bonchev–Trinajstić information content (AvgIpc) is 2.73. The van der Waals surface area contributed by atoms with Crippen LogP contribution in [0, 0.1) is 30.6 Å². The zero-order chi connectivity index (χ0) is 13.8. The molecule has 0 fully saturated rings. The van der Waals surface area contributed by atoms with E-state index in [-0.39, 0.29) is 0 Å². The van der Waals surface area contributed by atoms with Crippen molar-refractivity contribution in [3.8, 4) is 18.4 Å². The smallest absolute Gasteiger partial charge is 0.120 e. The lowest BCUT2D eigenvalue weighted by atomic mass is 10.2. The first kappa shape index (κ1) is 12.8. The van der Waals surface area contributed by atoms with Gasteiger partial charge in [0.05, 0.1) is 0 Å². The van der Waals surface area contributed by atoms with E-state index in [9.17, 15) is 0 Å². The topological polar surface area (TPSA) is 40.8 Å². The van der Waals surface area contributed by atoms with Gasteiger partial charge in [-0.25, -0.2) is 0 Å². The van der Waals surface area contributed by atoms with Crippen LogP contribution in [0.3, 0.4) is 0 Å². The van der Waals surface area contributed by atoms with E-state index in [0.717, 1.165) is 22.5 Å². The Hall–Kier alpha value is -2.65. The number of hydrogen-bond donors (Lipinski definition) is 1. The summed E-state index contributed by atoms with van der Waals surface area (Å²) in [6.07, 6.45) is 5.37. The number of terminal acetylenes is 1. The van der Waals surface area contributed by atoms with E-state index in [1.54, 1.807) is 0 Å². The van der Waals surface area contributed by atoms with E-state index < -0.39 is 0 Å². The molecule has 94 valence electrons. The lowest BCUT2D eigenvalue weighted by Gasteiger charge is -2.07. The second-order valence-corrected chi connectivity index (χ2v) is 4.39. The molecule has 3 nitrogen and oxygen atoms in total. The molecule has 0 saturated carbocycles. The van der Waals surface area contributed by atoms with Crippen LogP contribution < -0.4 is 5.32 Å². The maximum Gasteiger partial charge on any atom is 0.120 e. The van der Waals surface area contributed by atoms with Crippen molar-refractivity contribution in [2.45, 2.75) is 13.5 Å². The van der Waals surface area contributed by atoms with Gasteiger partial charge in [0.2, 0.25) is 0 Å². The van der Waals surface area contributed by atoms with Crippen molar-refractivity contribution in [3.63, 3.8) is 0 Å². The molecule has 1 aromatic heterocycles. The molecule has 0 amide bonds. The molecule has 0 bridgehead atoms. The van der Waals surface area contributed by atoms with E-state index >= 15 is 0 Å². The van der Waals surface area contributed by atoms with Crippen molar-refractivity contribution >= 4 is 5.69 Å². The Morgan fingerprint density at radius 3 is 2.79 bits per heavy atom. The number of nitriles is 1. The summed E-state index contributed by atoms with van der Waals surface area (Å²) in [6.45, 7) is 2.69. The SMILES string of the molecule is C#Cc1cccc(NCc2cc(C#N)n(C)c2C)c1. The Bertz CT molecular complexity index is 681. The maximum absolute atomic E-state index is 9.00. The van der Waals surface area contributed by atoms with Crippen LogP contribution in [-0.4, -0.2) is 4.57 Å². The molecule has 0 saturated heterocycles. The Balaban J connectivity index is 2.15. The van der Waals surface area contributed by atoms with Crippen LogP contribution in [0.4, 0.5) is 5.69 Å². The normalized spacial score (nSPS) is 9.68. The zero-order valence-corrected chi connectivity index (χ0v) is 11.1. The minimum atomic E-state index is 0.673. The third-order valence-corrected chi connectivity index (χ3v) is 3.27. The van der Waals surface area contributed by atoms with Gasteiger partial charge in [-0.1, -0.05) is 12.0 Å². The summed E-state index contributed by atoms with van der Waals surface area (Å²) >= 11 is 0. The zero-order valence-electron chi connectivity index (χ0n) is 11.1. The van der Waals surface area contributed by atoms with Gasteiger partial charge in [0.1, 0.15) is 11.8 Å². The van der Waals surface area contributed by atoms with Crippen LogP contribution in [0.5, 0.6) is 0 Å². The molecular formula is C16H15N3. The van der Waals surface area contributed by atoms with Crippen molar-refractivity contribution in [1.82, 2.24) is 4.57 Å². The summed E-state index contributed by atoms with van der Waals surface area (Å²) in [5.41, 5.74) is 4.72. The average molecular weight is 249 g/mol. The number of hydrogen-bond acceptors (Lipinski definition) is 2. The Morgan fingerprint density at radius 2 is 2.16 bits per heavy atom. The Morgan fingerprint density at radius 1 is 1.37 bits per heavy atom. The molecule has 0 radical (unpaired) electrons. The molecule has 1 N–H and O–H groups in total. The fraction of sp³-hybridized carbons (Fsp3) is 0.188. The quantitative estimate of drug-likeness (QED) is 0.850. The van der Waals surface area contributed by atoms with Crippen LogP contribution in [0.15, 0.2) is 30.3 Å². The predicted molar refractivity (Wildman–Crippen MR) is 76.6 cm³/mol. The number of aromatic nitrogens is 1. The van der Waals surface area contributed by atoms with E-state index in [0.29, 0.717) is 12.2 Å². The molecule has 0 spiro atoms. The van der Waals surface area contributed by atoms with Crippen LogP contribution in [0.2, 0.25) is 0 Å². The van der Waals surface area contributed by atoms with Crippen molar-refractivity contribution in [2.24, 2.45) is 7.05 Å². The summed E-state index contributed by atoms with van der Waals surface area (Å²) in [5.74, 6) is 2.61. The molecule has 0 atom stereocenters. The summed E-state index contributed by atoms with van der Waals surface area (Å²) < 4.78 is 1.90. The molecule has 1 heterocycles. The van der Waals surface area contributed by atoms with Crippen LogP contribution in [-0.2, 0) is 13.6 Å². The van der Waals surface area contributed by atoms with E-state index in [2.05, 4.69) is 17.3 Å². The third kappa shape index (κ3) is 2.61. The first-order valence-corrected chi connectivity index (χ1v) is 6.01. The lowest BCUT2D eigenvalue weighted by molar-refractivity contribution is 0.856. The minimum Gasteiger partial charge on any atom is -0.381 e. The Labute approximate surface area is 113 Å².